The molecule has 0 aliphatic heterocycles. The maximum atomic E-state index is 12.8. The van der Waals surface area contributed by atoms with E-state index in [0.29, 0.717) is 33.4 Å². The summed E-state index contributed by atoms with van der Waals surface area (Å²) in [7, 11) is 2.38. The predicted molar refractivity (Wildman–Crippen MR) is 101 cm³/mol. The molecule has 0 bridgehead atoms. The summed E-state index contributed by atoms with van der Waals surface area (Å²) in [5.41, 5.74) is 1.41. The molecule has 0 aliphatic rings. The second-order valence-corrected chi connectivity index (χ2v) is 8.16. The molecule has 6 nitrogen and oxygen atoms in total. The molecule has 0 N–H and O–H groups in total. The third-order valence-electron chi connectivity index (χ3n) is 3.97. The van der Waals surface area contributed by atoms with E-state index >= 15 is 0 Å². The lowest BCUT2D eigenvalue weighted by atomic mass is 10.2. The Morgan fingerprint density at radius 1 is 1.00 bits per heavy atom. The highest BCUT2D eigenvalue weighted by Gasteiger charge is 2.23. The Morgan fingerprint density at radius 3 is 2.04 bits per heavy atom. The molecular formula is C18H22ClNO5S. The van der Waals surface area contributed by atoms with Crippen LogP contribution in [0, 0.1) is 6.92 Å². The first kappa shape index (κ1) is 20.4. The van der Waals surface area contributed by atoms with Crippen LogP contribution in [0.4, 0.5) is 0 Å². The van der Waals surface area contributed by atoms with E-state index in [4.69, 9.17) is 25.8 Å². The van der Waals surface area contributed by atoms with E-state index in [-0.39, 0.29) is 11.4 Å². The highest BCUT2D eigenvalue weighted by molar-refractivity contribution is 7.89. The Kier molecular flexibility index (Phi) is 6.39. The van der Waals surface area contributed by atoms with Crippen LogP contribution in [0.25, 0.3) is 0 Å². The van der Waals surface area contributed by atoms with Crippen LogP contribution < -0.4 is 14.2 Å². The van der Waals surface area contributed by atoms with Crippen LogP contribution in [0.15, 0.2) is 35.2 Å². The van der Waals surface area contributed by atoms with Gasteiger partial charge in [0, 0.05) is 18.6 Å². The summed E-state index contributed by atoms with van der Waals surface area (Å²) in [4.78, 5) is 0.189. The van der Waals surface area contributed by atoms with Gasteiger partial charge in [0.05, 0.1) is 26.2 Å². The van der Waals surface area contributed by atoms with E-state index in [1.807, 2.05) is 0 Å². The molecule has 0 aliphatic carbocycles. The fourth-order valence-corrected chi connectivity index (χ4v) is 3.89. The van der Waals surface area contributed by atoms with E-state index in [2.05, 4.69) is 0 Å². The summed E-state index contributed by atoms with van der Waals surface area (Å²) in [6.07, 6.45) is 0. The Hall–Kier alpha value is -1.96. The van der Waals surface area contributed by atoms with Gasteiger partial charge in [-0.2, -0.15) is 4.31 Å². The first-order valence-electron chi connectivity index (χ1n) is 7.76. The number of methoxy groups -OCH3 is 3. The molecule has 0 aromatic heterocycles. The van der Waals surface area contributed by atoms with Gasteiger partial charge in [-0.15, -0.1) is 0 Å². The first-order valence-corrected chi connectivity index (χ1v) is 9.57. The third kappa shape index (κ3) is 4.06. The number of sulfonamides is 1. The zero-order valence-corrected chi connectivity index (χ0v) is 16.9. The lowest BCUT2D eigenvalue weighted by Crippen LogP contribution is -2.26. The molecule has 0 unspecified atom stereocenters. The quantitative estimate of drug-likeness (QED) is 0.713. The van der Waals surface area contributed by atoms with Gasteiger partial charge in [0.15, 0.2) is 11.5 Å². The normalized spacial score (nSPS) is 11.5. The van der Waals surface area contributed by atoms with Gasteiger partial charge >= 0.3 is 0 Å². The molecule has 0 heterocycles. The third-order valence-corrected chi connectivity index (χ3v) is 6.19. The van der Waals surface area contributed by atoms with E-state index in [9.17, 15) is 8.42 Å². The van der Waals surface area contributed by atoms with Crippen molar-refractivity contribution in [3.05, 3.63) is 46.5 Å². The smallest absolute Gasteiger partial charge is 0.243 e. The number of aryl methyl sites for hydroxylation is 1. The maximum Gasteiger partial charge on any atom is 0.243 e. The lowest BCUT2D eigenvalue weighted by molar-refractivity contribution is 0.323. The minimum atomic E-state index is -3.67. The average Bonchev–Trinajstić information content (AvgIpc) is 2.62. The highest BCUT2D eigenvalue weighted by Crippen LogP contribution is 2.38. The second-order valence-electron chi connectivity index (χ2n) is 5.71. The van der Waals surface area contributed by atoms with Crippen LogP contribution >= 0.6 is 11.6 Å². The fraction of sp³-hybridized carbons (Fsp3) is 0.333. The minimum Gasteiger partial charge on any atom is -0.493 e. The first-order chi connectivity index (χ1) is 12.2. The zero-order valence-electron chi connectivity index (χ0n) is 15.4. The van der Waals surface area contributed by atoms with Gasteiger partial charge in [-0.05, 0) is 48.4 Å². The molecule has 2 aromatic carbocycles. The monoisotopic (exact) mass is 399 g/mol. The molecule has 0 amide bonds. The van der Waals surface area contributed by atoms with Gasteiger partial charge in [0.2, 0.25) is 15.8 Å². The van der Waals surface area contributed by atoms with Gasteiger partial charge in [-0.1, -0.05) is 11.6 Å². The van der Waals surface area contributed by atoms with Crippen molar-refractivity contribution in [1.29, 1.82) is 0 Å². The van der Waals surface area contributed by atoms with Crippen LogP contribution in [0.1, 0.15) is 11.1 Å². The molecule has 0 radical (unpaired) electrons. The van der Waals surface area contributed by atoms with Crippen molar-refractivity contribution in [3.8, 4) is 17.2 Å². The lowest BCUT2D eigenvalue weighted by Gasteiger charge is -2.20. The van der Waals surface area contributed by atoms with E-state index < -0.39 is 10.0 Å². The van der Waals surface area contributed by atoms with Crippen LogP contribution in [0.3, 0.4) is 0 Å². The molecular weight excluding hydrogens is 378 g/mol. The number of rotatable bonds is 7. The molecule has 0 saturated heterocycles. The average molecular weight is 400 g/mol. The van der Waals surface area contributed by atoms with Crippen molar-refractivity contribution in [1.82, 2.24) is 4.31 Å². The number of ether oxygens (including phenoxy) is 3. The van der Waals surface area contributed by atoms with E-state index in [0.717, 1.165) is 0 Å². The summed E-state index contributed by atoms with van der Waals surface area (Å²) in [6.45, 7) is 1.90. The van der Waals surface area contributed by atoms with Gasteiger partial charge in [-0.25, -0.2) is 8.42 Å². The number of hydrogen-bond acceptors (Lipinski definition) is 5. The molecule has 2 aromatic rings. The van der Waals surface area contributed by atoms with Gasteiger partial charge in [0.1, 0.15) is 0 Å². The Labute approximate surface area is 159 Å². The summed E-state index contributed by atoms with van der Waals surface area (Å²) in [6, 6.07) is 8.08. The fourth-order valence-electron chi connectivity index (χ4n) is 2.53. The number of halogens is 1. The standard InChI is InChI=1S/C18H22ClNO5S/c1-12-8-14(6-7-15(12)19)26(21,22)20(2)11-13-9-16(23-3)18(25-5)17(10-13)24-4/h6-10H,11H2,1-5H3. The summed E-state index contributed by atoms with van der Waals surface area (Å²) < 4.78 is 42.8. The molecule has 8 heteroatoms. The van der Waals surface area contributed by atoms with Crippen molar-refractivity contribution in [2.75, 3.05) is 28.4 Å². The molecule has 0 spiro atoms. The largest absolute Gasteiger partial charge is 0.493 e. The van der Waals surface area contributed by atoms with E-state index in [1.165, 1.54) is 38.7 Å². The Bertz CT molecular complexity index is 873. The number of benzene rings is 2. The van der Waals surface area contributed by atoms with Crippen LogP contribution in [0.5, 0.6) is 17.2 Å². The van der Waals surface area contributed by atoms with Crippen LogP contribution in [-0.4, -0.2) is 41.1 Å². The van der Waals surface area contributed by atoms with Crippen molar-refractivity contribution >= 4 is 21.6 Å². The molecule has 2 rings (SSSR count). The molecule has 0 saturated carbocycles. The highest BCUT2D eigenvalue weighted by atomic mass is 35.5. The minimum absolute atomic E-state index is 0.140. The maximum absolute atomic E-state index is 12.8. The molecule has 142 valence electrons. The Morgan fingerprint density at radius 2 is 1.58 bits per heavy atom. The van der Waals surface area contributed by atoms with E-state index in [1.54, 1.807) is 31.2 Å². The van der Waals surface area contributed by atoms with Crippen LogP contribution in [0.2, 0.25) is 5.02 Å². The topological polar surface area (TPSA) is 65.1 Å². The summed E-state index contributed by atoms with van der Waals surface area (Å²) in [5.74, 6) is 1.39. The molecule has 0 fully saturated rings. The SMILES string of the molecule is COc1cc(CN(C)S(=O)(=O)c2ccc(Cl)c(C)c2)cc(OC)c1OC. The second kappa shape index (κ2) is 8.16. The van der Waals surface area contributed by atoms with Gasteiger partial charge < -0.3 is 14.2 Å². The summed E-state index contributed by atoms with van der Waals surface area (Å²) in [5, 5.41) is 0.524. The van der Waals surface area contributed by atoms with Gasteiger partial charge in [-0.3, -0.25) is 0 Å². The van der Waals surface area contributed by atoms with Gasteiger partial charge in [0.25, 0.3) is 0 Å². The van der Waals surface area contributed by atoms with Crippen molar-refractivity contribution in [2.24, 2.45) is 0 Å². The Balaban J connectivity index is 2.36. The van der Waals surface area contributed by atoms with Crippen molar-refractivity contribution in [2.45, 2.75) is 18.4 Å². The predicted octanol–water partition coefficient (Wildman–Crippen LogP) is 3.49. The summed E-state index contributed by atoms with van der Waals surface area (Å²) >= 11 is 5.99. The van der Waals surface area contributed by atoms with Crippen molar-refractivity contribution in [3.63, 3.8) is 0 Å². The number of hydrogen-bond donors (Lipinski definition) is 0. The van der Waals surface area contributed by atoms with Crippen LogP contribution in [-0.2, 0) is 16.6 Å². The molecule has 0 atom stereocenters. The zero-order chi connectivity index (χ0) is 19.5. The number of nitrogens with zero attached hydrogens (tertiary/aromatic N) is 1. The van der Waals surface area contributed by atoms with Crippen molar-refractivity contribution < 1.29 is 22.6 Å². The molecule has 26 heavy (non-hydrogen) atoms.